The molecule has 0 rings (SSSR count). The molecule has 0 aliphatic heterocycles. The van der Waals surface area contributed by atoms with Crippen molar-refractivity contribution in [1.29, 1.82) is 0 Å². The third-order valence-corrected chi connectivity index (χ3v) is 13.9. The number of carbonyl (C=O) groups is 3. The second kappa shape index (κ2) is 63.5. The lowest BCUT2D eigenvalue weighted by Crippen LogP contribution is -2.44. The van der Waals surface area contributed by atoms with E-state index in [1.807, 2.05) is 21.1 Å². The van der Waals surface area contributed by atoms with Gasteiger partial charge in [-0.05, 0) is 116 Å². The van der Waals surface area contributed by atoms with Crippen molar-refractivity contribution in [3.8, 4) is 0 Å². The van der Waals surface area contributed by atoms with Gasteiger partial charge in [0.1, 0.15) is 13.2 Å². The van der Waals surface area contributed by atoms with Crippen molar-refractivity contribution in [3.63, 3.8) is 0 Å². The van der Waals surface area contributed by atoms with Gasteiger partial charge in [-0.25, -0.2) is 0 Å². The second-order valence-corrected chi connectivity index (χ2v) is 23.0. The van der Waals surface area contributed by atoms with Gasteiger partial charge in [0.25, 0.3) is 0 Å². The predicted octanol–water partition coefficient (Wildman–Crippen LogP) is 19.2. The summed E-state index contributed by atoms with van der Waals surface area (Å²) in [5.74, 6) is -2.30. The van der Waals surface area contributed by atoms with E-state index in [1.54, 1.807) is 0 Å². The molecule has 2 unspecified atom stereocenters. The van der Waals surface area contributed by atoms with Gasteiger partial charge in [0, 0.05) is 12.8 Å². The molecule has 9 heteroatoms. The first-order chi connectivity index (χ1) is 40.6. The SMILES string of the molecule is CC/C=C\C/C=C\C/C=C\C/C=C\C/C=C\C/C=C\C/C=C\C/C=C\C/C=C\C/C=C\CCCCCCCCCCC(=O)OC(COC(=O)CCCCCCCCCCC/C=C\CCCCCCCC)COC(OCC[N+](C)(C)C)C(=O)[O-]. The maximum Gasteiger partial charge on any atom is 0.306 e. The number of carboxylic acid groups (broad SMARTS) is 1. The molecule has 0 radical (unpaired) electrons. The Morgan fingerprint density at radius 1 is 0.373 bits per heavy atom. The Hall–Kier alpha value is -4.57. The fourth-order valence-corrected chi connectivity index (χ4v) is 8.79. The molecule has 83 heavy (non-hydrogen) atoms. The highest BCUT2D eigenvalue weighted by atomic mass is 16.7. The topological polar surface area (TPSA) is 111 Å². The summed E-state index contributed by atoms with van der Waals surface area (Å²) in [6, 6.07) is 0. The number of unbranched alkanes of at least 4 members (excludes halogenated alkanes) is 23. The molecule has 0 aliphatic rings. The van der Waals surface area contributed by atoms with Crippen LogP contribution in [0.3, 0.4) is 0 Å². The van der Waals surface area contributed by atoms with Crippen molar-refractivity contribution in [3.05, 3.63) is 134 Å². The van der Waals surface area contributed by atoms with Gasteiger partial charge in [-0.2, -0.15) is 0 Å². The molecule has 0 fully saturated rings. The molecule has 0 bridgehead atoms. The van der Waals surface area contributed by atoms with Crippen LogP contribution in [0.15, 0.2) is 134 Å². The summed E-state index contributed by atoms with van der Waals surface area (Å²) in [5.41, 5.74) is 0. The summed E-state index contributed by atoms with van der Waals surface area (Å²) in [4.78, 5) is 37.4. The molecular weight excluding hydrogens is 1030 g/mol. The van der Waals surface area contributed by atoms with Crippen LogP contribution in [0.2, 0.25) is 0 Å². The zero-order valence-electron chi connectivity index (χ0n) is 53.8. The zero-order chi connectivity index (χ0) is 60.5. The number of carbonyl (C=O) groups excluding carboxylic acids is 3. The van der Waals surface area contributed by atoms with Crippen LogP contribution >= 0.6 is 0 Å². The molecule has 0 saturated carbocycles. The van der Waals surface area contributed by atoms with Crippen molar-refractivity contribution in [1.82, 2.24) is 0 Å². The van der Waals surface area contributed by atoms with E-state index in [0.29, 0.717) is 17.4 Å². The first-order valence-corrected chi connectivity index (χ1v) is 33.3. The standard InChI is InChI=1S/C74H123NO8/c1-6-8-10-12-14-16-18-20-22-24-26-27-28-29-30-31-32-33-34-35-36-37-38-39-40-41-42-43-44-45-47-49-51-53-55-57-59-61-63-65-72(77)83-70(69-82-74(73(78)79)80-67-66-75(3,4)5)68-81-71(76)64-62-60-58-56-54-52-50-48-46-25-23-21-19-17-15-13-11-9-7-2/h8,10,14,16,20-23,26-27,29-30,32-33,35-36,38-39,41-42,44-45,70,74H,6-7,9,11-13,15,17-19,24-25,28,31,34,37,40,43,46-69H2,1-5H3/b10-8-,16-14-,22-20-,23-21-,27-26-,30-29-,33-32-,36-35-,39-38-,42-41-,45-44-. The number of carboxylic acids is 1. The summed E-state index contributed by atoms with van der Waals surface area (Å²) in [6.07, 6.45) is 88.0. The Balaban J connectivity index is 4.19. The van der Waals surface area contributed by atoms with Crippen LogP contribution in [-0.2, 0) is 33.3 Å². The molecule has 2 atom stereocenters. The van der Waals surface area contributed by atoms with E-state index in [4.69, 9.17) is 18.9 Å². The van der Waals surface area contributed by atoms with E-state index in [9.17, 15) is 19.5 Å². The summed E-state index contributed by atoms with van der Waals surface area (Å²) in [5, 5.41) is 11.8. The Morgan fingerprint density at radius 3 is 1.04 bits per heavy atom. The lowest BCUT2D eigenvalue weighted by Gasteiger charge is -2.26. The number of likely N-dealkylation sites (N-methyl/N-ethyl adjacent to an activating group) is 1. The fraction of sp³-hybridized carbons (Fsp3) is 0.662. The van der Waals surface area contributed by atoms with Crippen molar-refractivity contribution in [2.75, 3.05) is 47.5 Å². The number of nitrogens with zero attached hydrogens (tertiary/aromatic N) is 1. The minimum atomic E-state index is -1.63. The molecular formula is C74H123NO8. The zero-order valence-corrected chi connectivity index (χ0v) is 53.8. The van der Waals surface area contributed by atoms with E-state index in [-0.39, 0.29) is 38.6 Å². The smallest absolute Gasteiger partial charge is 0.306 e. The number of hydrogen-bond acceptors (Lipinski definition) is 8. The Kier molecular flexibility index (Phi) is 60.0. The van der Waals surface area contributed by atoms with E-state index >= 15 is 0 Å². The summed E-state index contributed by atoms with van der Waals surface area (Å²) >= 11 is 0. The number of rotatable bonds is 60. The maximum atomic E-state index is 12.9. The molecule has 0 aliphatic carbocycles. The van der Waals surface area contributed by atoms with E-state index in [2.05, 4.69) is 148 Å². The van der Waals surface area contributed by atoms with Crippen LogP contribution in [0.4, 0.5) is 0 Å². The van der Waals surface area contributed by atoms with Gasteiger partial charge in [-0.15, -0.1) is 0 Å². The lowest BCUT2D eigenvalue weighted by molar-refractivity contribution is -0.870. The molecule has 0 heterocycles. The Bertz CT molecular complexity index is 1820. The van der Waals surface area contributed by atoms with Crippen LogP contribution in [0.1, 0.15) is 258 Å². The van der Waals surface area contributed by atoms with Crippen molar-refractivity contribution in [2.24, 2.45) is 0 Å². The first-order valence-electron chi connectivity index (χ1n) is 33.3. The van der Waals surface area contributed by atoms with Gasteiger partial charge in [0.2, 0.25) is 0 Å². The highest BCUT2D eigenvalue weighted by Gasteiger charge is 2.22. The summed E-state index contributed by atoms with van der Waals surface area (Å²) < 4.78 is 22.7. The van der Waals surface area contributed by atoms with Gasteiger partial charge in [0.15, 0.2) is 12.4 Å². The van der Waals surface area contributed by atoms with Gasteiger partial charge in [-0.1, -0.05) is 263 Å². The number of hydrogen-bond donors (Lipinski definition) is 0. The largest absolute Gasteiger partial charge is 0.545 e. The number of quaternary nitrogens is 1. The van der Waals surface area contributed by atoms with E-state index in [0.717, 1.165) is 109 Å². The minimum absolute atomic E-state index is 0.140. The van der Waals surface area contributed by atoms with Gasteiger partial charge in [-0.3, -0.25) is 9.59 Å². The third kappa shape index (κ3) is 64.8. The maximum absolute atomic E-state index is 12.9. The van der Waals surface area contributed by atoms with Crippen molar-refractivity contribution in [2.45, 2.75) is 270 Å². The monoisotopic (exact) mass is 1150 g/mol. The molecule has 0 saturated heterocycles. The van der Waals surface area contributed by atoms with E-state index < -0.39 is 24.3 Å². The van der Waals surface area contributed by atoms with Gasteiger partial charge < -0.3 is 33.3 Å². The van der Waals surface area contributed by atoms with Gasteiger partial charge >= 0.3 is 11.9 Å². The van der Waals surface area contributed by atoms with Crippen molar-refractivity contribution >= 4 is 17.9 Å². The molecule has 0 spiro atoms. The average Bonchev–Trinajstić information content (AvgIpc) is 3.46. The van der Waals surface area contributed by atoms with Crippen LogP contribution in [0, 0.1) is 0 Å². The average molecular weight is 1150 g/mol. The Morgan fingerprint density at radius 2 is 0.687 bits per heavy atom. The quantitative estimate of drug-likeness (QED) is 0.0195. The third-order valence-electron chi connectivity index (χ3n) is 13.9. The van der Waals surface area contributed by atoms with E-state index in [1.165, 1.54) is 116 Å². The predicted molar refractivity (Wildman–Crippen MR) is 352 cm³/mol. The molecule has 0 amide bonds. The van der Waals surface area contributed by atoms with Crippen molar-refractivity contribution < 1.29 is 42.9 Å². The lowest BCUT2D eigenvalue weighted by atomic mass is 10.1. The molecule has 0 aromatic heterocycles. The molecule has 0 aromatic carbocycles. The molecule has 0 N–H and O–H groups in total. The highest BCUT2D eigenvalue weighted by molar-refractivity contribution is 5.70. The number of allylic oxidation sites excluding steroid dienone is 22. The first kappa shape index (κ1) is 78.4. The number of aliphatic carboxylic acids is 1. The highest BCUT2D eigenvalue weighted by Crippen LogP contribution is 2.15. The summed E-state index contributed by atoms with van der Waals surface area (Å²) in [6.45, 7) is 4.62. The number of esters is 2. The number of ether oxygens (including phenoxy) is 4. The van der Waals surface area contributed by atoms with Crippen LogP contribution < -0.4 is 5.11 Å². The molecule has 9 nitrogen and oxygen atoms in total. The molecule has 0 aromatic rings. The minimum Gasteiger partial charge on any atom is -0.545 e. The van der Waals surface area contributed by atoms with Gasteiger partial charge in [0.05, 0.1) is 40.3 Å². The normalized spacial score (nSPS) is 13.6. The van der Waals surface area contributed by atoms with Crippen LogP contribution in [0.5, 0.6) is 0 Å². The second-order valence-electron chi connectivity index (χ2n) is 23.0. The fourth-order valence-electron chi connectivity index (χ4n) is 8.79. The van der Waals surface area contributed by atoms with Crippen LogP contribution in [-0.4, -0.2) is 82.3 Å². The Labute approximate surface area is 509 Å². The van der Waals surface area contributed by atoms with Crippen LogP contribution in [0.25, 0.3) is 0 Å². The molecule has 472 valence electrons. The summed E-state index contributed by atoms with van der Waals surface area (Å²) in [7, 11) is 5.92.